The van der Waals surface area contributed by atoms with Crippen LogP contribution in [0.2, 0.25) is 0 Å². The highest BCUT2D eigenvalue weighted by molar-refractivity contribution is 5.98. The van der Waals surface area contributed by atoms with Crippen LogP contribution in [-0.4, -0.2) is 171 Å². The quantitative estimate of drug-likeness (QED) is 0.0401. The molecule has 1 heterocycles. The van der Waals surface area contributed by atoms with E-state index in [0.29, 0.717) is 43.5 Å². The lowest BCUT2D eigenvalue weighted by Crippen LogP contribution is -2.60. The molecule has 1 saturated heterocycles. The Kier molecular flexibility index (Phi) is 28.7. The molecule has 1 fully saturated rings. The highest BCUT2D eigenvalue weighted by Gasteiger charge is 2.44. The molecule has 23 nitrogen and oxygen atoms in total. The molecule has 9 amide bonds. The summed E-state index contributed by atoms with van der Waals surface area (Å²) in [6.45, 7) is 16.8. The first-order valence-corrected chi connectivity index (χ1v) is 28.5. The second-order valence-corrected chi connectivity index (χ2v) is 22.4. The average Bonchev–Trinajstić information content (AvgIpc) is 3.98. The van der Waals surface area contributed by atoms with Gasteiger partial charge in [-0.25, -0.2) is 14.4 Å². The molecule has 0 saturated carbocycles. The summed E-state index contributed by atoms with van der Waals surface area (Å²) in [5.74, 6) is -5.22. The number of urea groups is 1. The molecular weight excluding hydrogens is 1060 g/mol. The molecule has 0 spiro atoms. The number of carbonyl (C=O) groups excluding carboxylic acids is 9. The zero-order valence-corrected chi connectivity index (χ0v) is 50.7. The Hall–Kier alpha value is -6.85. The maximum absolute atomic E-state index is 14.7. The van der Waals surface area contributed by atoms with E-state index in [1.54, 1.807) is 89.6 Å². The number of methoxy groups -OCH3 is 3. The van der Waals surface area contributed by atoms with Crippen LogP contribution >= 0.6 is 0 Å². The summed E-state index contributed by atoms with van der Waals surface area (Å²) in [6.07, 6.45) is 0.192. The van der Waals surface area contributed by atoms with Crippen LogP contribution in [0.25, 0.3) is 0 Å². The third-order valence-electron chi connectivity index (χ3n) is 15.4. The van der Waals surface area contributed by atoms with Crippen molar-refractivity contribution in [3.8, 4) is 0 Å². The maximum Gasteiger partial charge on any atom is 0.410 e. The SMILES string of the molecule is CCC(C)[C@@H]([C@@H](CC(=O)N1CCC[C@H]1[C@H](OC)[C@@H](C)C(=O)NC(Cc1ccccc1)C(=O)OC)OC)N(C)C(=O)[C@@H](NC(=O)[C@H](C(C)C)N(C)C(=O)OCc1ccc(NC(=O)C(CCCNC(N)=O)NC(=O)[C@@H](N)C(C)C)cc1)C(C)C. The fraction of sp³-hybridized carbons (Fsp3) is 0.644. The first-order chi connectivity index (χ1) is 38.7. The zero-order chi connectivity index (χ0) is 61.5. The number of likely N-dealkylation sites (tertiary alicyclic amines) is 1. The number of rotatable bonds is 32. The molecule has 2 aromatic rings. The van der Waals surface area contributed by atoms with E-state index in [1.807, 2.05) is 44.2 Å². The maximum atomic E-state index is 14.7. The highest BCUT2D eigenvalue weighted by Crippen LogP contribution is 2.30. The number of hydrogen-bond acceptors (Lipinski definition) is 14. The molecule has 11 atom stereocenters. The van der Waals surface area contributed by atoms with Gasteiger partial charge in [0.05, 0.1) is 49.8 Å². The van der Waals surface area contributed by atoms with Crippen LogP contribution in [-0.2, 0) is 65.5 Å². The lowest BCUT2D eigenvalue weighted by Gasteiger charge is -2.41. The van der Waals surface area contributed by atoms with Crippen molar-refractivity contribution >= 4 is 59.2 Å². The second-order valence-electron chi connectivity index (χ2n) is 22.4. The van der Waals surface area contributed by atoms with E-state index >= 15 is 0 Å². The first kappa shape index (κ1) is 69.4. The number of hydrogen-bond donors (Lipinski definition) is 7. The summed E-state index contributed by atoms with van der Waals surface area (Å²) >= 11 is 0. The fourth-order valence-corrected chi connectivity index (χ4v) is 10.3. The van der Waals surface area contributed by atoms with Gasteiger partial charge in [-0.05, 0) is 72.6 Å². The number of likely N-dealkylation sites (N-methyl/N-ethyl adjacent to an activating group) is 2. The van der Waals surface area contributed by atoms with Crippen molar-refractivity contribution < 1.29 is 62.1 Å². The van der Waals surface area contributed by atoms with Gasteiger partial charge in [-0.3, -0.25) is 33.7 Å². The highest BCUT2D eigenvalue weighted by atomic mass is 16.6. The Labute approximate surface area is 484 Å². The van der Waals surface area contributed by atoms with Crippen molar-refractivity contribution in [2.24, 2.45) is 41.1 Å². The summed E-state index contributed by atoms with van der Waals surface area (Å²) in [5, 5.41) is 13.7. The van der Waals surface area contributed by atoms with Gasteiger partial charge in [-0.1, -0.05) is 111 Å². The van der Waals surface area contributed by atoms with E-state index < -0.39 is 120 Å². The first-order valence-electron chi connectivity index (χ1n) is 28.5. The van der Waals surface area contributed by atoms with Crippen molar-refractivity contribution in [1.29, 1.82) is 0 Å². The third-order valence-corrected chi connectivity index (χ3v) is 15.4. The van der Waals surface area contributed by atoms with E-state index in [0.717, 1.165) is 5.56 Å². The third kappa shape index (κ3) is 20.2. The summed E-state index contributed by atoms with van der Waals surface area (Å²) in [7, 11) is 7.33. The smallest absolute Gasteiger partial charge is 0.410 e. The average molecular weight is 1150 g/mol. The van der Waals surface area contributed by atoms with Gasteiger partial charge < -0.3 is 66.8 Å². The van der Waals surface area contributed by atoms with Crippen LogP contribution in [0.15, 0.2) is 54.6 Å². The van der Waals surface area contributed by atoms with Gasteiger partial charge in [-0.2, -0.15) is 0 Å². The molecule has 0 aliphatic carbocycles. The summed E-state index contributed by atoms with van der Waals surface area (Å²) in [6, 6.07) is 9.09. The fourth-order valence-electron chi connectivity index (χ4n) is 10.3. The Morgan fingerprint density at radius 2 is 1.37 bits per heavy atom. The Morgan fingerprint density at radius 3 is 1.91 bits per heavy atom. The van der Waals surface area contributed by atoms with Crippen molar-refractivity contribution in [3.63, 3.8) is 0 Å². The molecule has 0 aromatic heterocycles. The Morgan fingerprint density at radius 1 is 0.732 bits per heavy atom. The van der Waals surface area contributed by atoms with Gasteiger partial charge in [0, 0.05) is 53.5 Å². The van der Waals surface area contributed by atoms with Crippen LogP contribution in [0.4, 0.5) is 15.3 Å². The zero-order valence-electron chi connectivity index (χ0n) is 50.7. The molecule has 2 aromatic carbocycles. The number of amides is 9. The van der Waals surface area contributed by atoms with Gasteiger partial charge >= 0.3 is 18.1 Å². The van der Waals surface area contributed by atoms with Gasteiger partial charge in [0.2, 0.25) is 35.4 Å². The largest absolute Gasteiger partial charge is 0.467 e. The molecule has 1 aliphatic heterocycles. The van der Waals surface area contributed by atoms with Gasteiger partial charge in [-0.15, -0.1) is 0 Å². The van der Waals surface area contributed by atoms with E-state index in [4.69, 9.17) is 30.4 Å². The number of ether oxygens (including phenoxy) is 4. The van der Waals surface area contributed by atoms with Gasteiger partial charge in [0.1, 0.15) is 30.8 Å². The molecule has 82 heavy (non-hydrogen) atoms. The predicted octanol–water partition coefficient (Wildman–Crippen LogP) is 4.10. The molecule has 0 radical (unpaired) electrons. The lowest BCUT2D eigenvalue weighted by atomic mass is 9.89. The van der Waals surface area contributed by atoms with E-state index in [2.05, 4.69) is 26.6 Å². The van der Waals surface area contributed by atoms with Crippen molar-refractivity contribution in [2.75, 3.05) is 53.8 Å². The number of anilines is 1. The number of primary amides is 1. The predicted molar refractivity (Wildman–Crippen MR) is 310 cm³/mol. The van der Waals surface area contributed by atoms with Crippen LogP contribution < -0.4 is 38.1 Å². The minimum atomic E-state index is -1.06. The van der Waals surface area contributed by atoms with Crippen LogP contribution in [0.3, 0.4) is 0 Å². The van der Waals surface area contributed by atoms with Crippen molar-refractivity contribution in [2.45, 2.75) is 168 Å². The van der Waals surface area contributed by atoms with E-state index in [-0.39, 0.29) is 50.2 Å². The molecule has 0 bridgehead atoms. The van der Waals surface area contributed by atoms with Gasteiger partial charge in [0.25, 0.3) is 0 Å². The number of esters is 1. The topological polar surface area (TPSA) is 312 Å². The number of nitrogens with zero attached hydrogens (tertiary/aromatic N) is 3. The minimum Gasteiger partial charge on any atom is -0.467 e. The normalized spacial score (nSPS) is 17.0. The van der Waals surface area contributed by atoms with E-state index in [9.17, 15) is 43.2 Å². The Balaban J connectivity index is 1.72. The van der Waals surface area contributed by atoms with Gasteiger partial charge in [0.15, 0.2) is 0 Å². The lowest BCUT2D eigenvalue weighted by molar-refractivity contribution is -0.149. The summed E-state index contributed by atoms with van der Waals surface area (Å²) < 4.78 is 22.7. The summed E-state index contributed by atoms with van der Waals surface area (Å²) in [4.78, 5) is 126. The molecule has 3 rings (SSSR count). The number of benzene rings is 2. The van der Waals surface area contributed by atoms with Crippen molar-refractivity contribution in [1.82, 2.24) is 36.0 Å². The standard InChI is InChI=1S/C59H94N10O13/c1-15-37(8)50(45(79-12)32-46(70)69-30-20-24-44(69)51(80-13)38(9)52(71)65-43(57(76)81-14)31-39-21-17-16-18-22-39)67(10)56(75)48(35(4)5)66-55(74)49(36(6)7)68(11)59(78)82-33-40-25-27-41(28-26-40)63-53(72)42(23-19-29-62-58(61)77)64-54(73)47(60)34(2)3/h16-18,21-22,25-28,34-38,42-45,47-51H,15,19-20,23-24,29-33,60H2,1-14H3,(H,63,72)(H,64,73)(H,65,71)(H,66,74)(H3,61,62,77)/t37?,38-,42?,43?,44+,45-,47+,48+,49+,50+,51-/m1/s1. The molecule has 1 aliphatic rings. The number of carbonyl (C=O) groups is 9. The van der Waals surface area contributed by atoms with Crippen LogP contribution in [0.1, 0.15) is 112 Å². The minimum absolute atomic E-state index is 0.101. The Bertz CT molecular complexity index is 2410. The number of nitrogens with two attached hydrogens (primary N) is 2. The van der Waals surface area contributed by atoms with Crippen LogP contribution in [0.5, 0.6) is 0 Å². The van der Waals surface area contributed by atoms with E-state index in [1.165, 1.54) is 33.3 Å². The monoisotopic (exact) mass is 1150 g/mol. The van der Waals surface area contributed by atoms with Crippen molar-refractivity contribution in [3.05, 3.63) is 65.7 Å². The second kappa shape index (κ2) is 33.9. The molecular formula is C59H94N10O13. The molecule has 9 N–H and O–H groups in total. The molecule has 23 heteroatoms. The number of nitrogens with one attached hydrogen (secondary N) is 5. The summed E-state index contributed by atoms with van der Waals surface area (Å²) in [5.41, 5.74) is 13.0. The molecule has 3 unspecified atom stereocenters. The molecule has 458 valence electrons. The van der Waals surface area contributed by atoms with Crippen LogP contribution in [0, 0.1) is 29.6 Å².